The highest BCUT2D eigenvalue weighted by Crippen LogP contribution is 2.20. The summed E-state index contributed by atoms with van der Waals surface area (Å²) in [7, 11) is 1.63. The molecule has 142 valence electrons. The maximum atomic E-state index is 12.4. The molecule has 2 amide bonds. The van der Waals surface area contributed by atoms with Gasteiger partial charge in [-0.25, -0.2) is 0 Å². The number of aromatic hydroxyl groups is 1. The summed E-state index contributed by atoms with van der Waals surface area (Å²) in [5.74, 6) is 0.422. The fraction of sp³-hybridized carbons (Fsp3) is 0.333. The number of rotatable bonds is 6. The molecule has 1 heterocycles. The highest BCUT2D eigenvalue weighted by molar-refractivity contribution is 5.97. The lowest BCUT2D eigenvalue weighted by atomic mass is 10.1. The van der Waals surface area contributed by atoms with Crippen LogP contribution in [0.2, 0.25) is 0 Å². The molecule has 0 bridgehead atoms. The topological polar surface area (TPSA) is 78.9 Å². The van der Waals surface area contributed by atoms with E-state index in [1.165, 1.54) is 6.07 Å². The number of phenols is 1. The van der Waals surface area contributed by atoms with Crippen LogP contribution < -0.4 is 10.1 Å². The second-order valence-electron chi connectivity index (χ2n) is 6.83. The van der Waals surface area contributed by atoms with Crippen LogP contribution in [0.15, 0.2) is 42.5 Å². The Hall–Kier alpha value is -3.02. The third-order valence-electron chi connectivity index (χ3n) is 4.78. The standard InChI is InChI=1S/C21H24N2O4/c1-14-3-8-19(24)18(11-14)21(26)22-16-12-20(25)23(13-16)10-9-15-4-6-17(27-2)7-5-15/h3-8,11,16,24H,9-10,12-13H2,1-2H3,(H,22,26)/t16-/m0/s1. The molecule has 0 aromatic heterocycles. The highest BCUT2D eigenvalue weighted by atomic mass is 16.5. The number of aryl methyl sites for hydroxylation is 1. The SMILES string of the molecule is COc1ccc(CCN2C[C@@H](NC(=O)c3cc(C)ccc3O)CC2=O)cc1. The normalized spacial score (nSPS) is 16.4. The average Bonchev–Trinajstić information content (AvgIpc) is 3.01. The van der Waals surface area contributed by atoms with E-state index < -0.39 is 0 Å². The Bertz CT molecular complexity index is 833. The van der Waals surface area contributed by atoms with E-state index in [1.54, 1.807) is 24.1 Å². The van der Waals surface area contributed by atoms with E-state index in [1.807, 2.05) is 31.2 Å². The third kappa shape index (κ3) is 4.58. The molecule has 1 fully saturated rings. The molecule has 27 heavy (non-hydrogen) atoms. The number of nitrogens with zero attached hydrogens (tertiary/aromatic N) is 1. The summed E-state index contributed by atoms with van der Waals surface area (Å²) in [5.41, 5.74) is 2.25. The van der Waals surface area contributed by atoms with E-state index >= 15 is 0 Å². The molecule has 0 spiro atoms. The molecule has 0 radical (unpaired) electrons. The predicted molar refractivity (Wildman–Crippen MR) is 102 cm³/mol. The van der Waals surface area contributed by atoms with Crippen molar-refractivity contribution in [2.24, 2.45) is 0 Å². The van der Waals surface area contributed by atoms with Gasteiger partial charge in [0.05, 0.1) is 18.7 Å². The van der Waals surface area contributed by atoms with Crippen LogP contribution in [-0.4, -0.2) is 48.1 Å². The van der Waals surface area contributed by atoms with Gasteiger partial charge >= 0.3 is 0 Å². The first-order chi connectivity index (χ1) is 13.0. The molecule has 0 aliphatic carbocycles. The fourth-order valence-electron chi connectivity index (χ4n) is 3.24. The molecule has 6 heteroatoms. The number of nitrogens with one attached hydrogen (secondary N) is 1. The van der Waals surface area contributed by atoms with E-state index in [2.05, 4.69) is 5.32 Å². The minimum absolute atomic E-state index is 0.0299. The molecule has 0 unspecified atom stereocenters. The van der Waals surface area contributed by atoms with Crippen molar-refractivity contribution in [3.8, 4) is 11.5 Å². The number of hydrogen-bond acceptors (Lipinski definition) is 4. The van der Waals surface area contributed by atoms with Crippen LogP contribution in [0, 0.1) is 6.92 Å². The summed E-state index contributed by atoms with van der Waals surface area (Å²) < 4.78 is 5.14. The largest absolute Gasteiger partial charge is 0.507 e. The zero-order chi connectivity index (χ0) is 19.4. The van der Waals surface area contributed by atoms with Gasteiger partial charge in [0.25, 0.3) is 5.91 Å². The van der Waals surface area contributed by atoms with Crippen LogP contribution in [0.3, 0.4) is 0 Å². The van der Waals surface area contributed by atoms with Crippen molar-refractivity contribution < 1.29 is 19.4 Å². The number of phenolic OH excluding ortho intramolecular Hbond substituents is 1. The van der Waals surface area contributed by atoms with E-state index in [0.717, 1.165) is 23.3 Å². The molecule has 1 saturated heterocycles. The number of benzene rings is 2. The minimum atomic E-state index is -0.356. The maximum Gasteiger partial charge on any atom is 0.255 e. The molecule has 2 N–H and O–H groups in total. The number of carbonyl (C=O) groups excluding carboxylic acids is 2. The van der Waals surface area contributed by atoms with E-state index in [9.17, 15) is 14.7 Å². The van der Waals surface area contributed by atoms with Gasteiger partial charge in [-0.3, -0.25) is 9.59 Å². The van der Waals surface area contributed by atoms with Crippen LogP contribution in [0.4, 0.5) is 0 Å². The first kappa shape index (κ1) is 18.8. The number of hydrogen-bond donors (Lipinski definition) is 2. The zero-order valence-corrected chi connectivity index (χ0v) is 15.6. The lowest BCUT2D eigenvalue weighted by molar-refractivity contribution is -0.127. The second kappa shape index (κ2) is 8.12. The van der Waals surface area contributed by atoms with Crippen molar-refractivity contribution in [3.63, 3.8) is 0 Å². The minimum Gasteiger partial charge on any atom is -0.507 e. The Labute approximate surface area is 158 Å². The smallest absolute Gasteiger partial charge is 0.255 e. The number of amides is 2. The van der Waals surface area contributed by atoms with Gasteiger partial charge in [0, 0.05) is 19.5 Å². The first-order valence-corrected chi connectivity index (χ1v) is 8.97. The molecule has 6 nitrogen and oxygen atoms in total. The predicted octanol–water partition coefficient (Wildman–Crippen LogP) is 2.28. The van der Waals surface area contributed by atoms with Gasteiger partial charge in [-0.2, -0.15) is 0 Å². The van der Waals surface area contributed by atoms with Crippen molar-refractivity contribution in [1.82, 2.24) is 10.2 Å². The maximum absolute atomic E-state index is 12.4. The number of methoxy groups -OCH3 is 1. The highest BCUT2D eigenvalue weighted by Gasteiger charge is 2.30. The van der Waals surface area contributed by atoms with Crippen molar-refractivity contribution in [2.75, 3.05) is 20.2 Å². The van der Waals surface area contributed by atoms with E-state index in [4.69, 9.17) is 4.74 Å². The summed E-state index contributed by atoms with van der Waals surface area (Å²) in [6, 6.07) is 12.4. The summed E-state index contributed by atoms with van der Waals surface area (Å²) in [5, 5.41) is 12.7. The molecular weight excluding hydrogens is 344 g/mol. The van der Waals surface area contributed by atoms with Gasteiger partial charge in [-0.1, -0.05) is 23.8 Å². The molecule has 0 saturated carbocycles. The van der Waals surface area contributed by atoms with Gasteiger partial charge < -0.3 is 20.1 Å². The average molecular weight is 368 g/mol. The molecule has 3 rings (SSSR count). The Morgan fingerprint density at radius 1 is 1.26 bits per heavy atom. The third-order valence-corrected chi connectivity index (χ3v) is 4.78. The van der Waals surface area contributed by atoms with Crippen LogP contribution in [0.5, 0.6) is 11.5 Å². The van der Waals surface area contributed by atoms with Crippen molar-refractivity contribution in [1.29, 1.82) is 0 Å². The molecule has 1 aliphatic rings. The lowest BCUT2D eigenvalue weighted by Crippen LogP contribution is -2.37. The molecule has 2 aromatic carbocycles. The van der Waals surface area contributed by atoms with E-state index in [0.29, 0.717) is 13.1 Å². The van der Waals surface area contributed by atoms with Crippen molar-refractivity contribution in [3.05, 3.63) is 59.2 Å². The summed E-state index contributed by atoms with van der Waals surface area (Å²) >= 11 is 0. The Balaban J connectivity index is 1.55. The monoisotopic (exact) mass is 368 g/mol. The Morgan fingerprint density at radius 3 is 2.70 bits per heavy atom. The van der Waals surface area contributed by atoms with Gasteiger partial charge in [-0.15, -0.1) is 0 Å². The lowest BCUT2D eigenvalue weighted by Gasteiger charge is -2.17. The molecule has 1 atom stereocenters. The van der Waals surface area contributed by atoms with Gasteiger partial charge in [0.2, 0.25) is 5.91 Å². The Kier molecular flexibility index (Phi) is 5.64. The quantitative estimate of drug-likeness (QED) is 0.820. The zero-order valence-electron chi connectivity index (χ0n) is 15.6. The van der Waals surface area contributed by atoms with Crippen LogP contribution in [0.1, 0.15) is 27.9 Å². The molecule has 2 aromatic rings. The van der Waals surface area contributed by atoms with Gasteiger partial charge in [-0.05, 0) is 43.2 Å². The van der Waals surface area contributed by atoms with Crippen LogP contribution in [-0.2, 0) is 11.2 Å². The summed E-state index contributed by atoms with van der Waals surface area (Å²) in [6.07, 6.45) is 1.02. The van der Waals surface area contributed by atoms with Crippen molar-refractivity contribution >= 4 is 11.8 Å². The number of ether oxygens (including phenoxy) is 1. The second-order valence-corrected chi connectivity index (χ2v) is 6.83. The van der Waals surface area contributed by atoms with Gasteiger partial charge in [0.15, 0.2) is 0 Å². The van der Waals surface area contributed by atoms with Crippen molar-refractivity contribution in [2.45, 2.75) is 25.8 Å². The Morgan fingerprint density at radius 2 is 2.00 bits per heavy atom. The number of carbonyl (C=O) groups is 2. The van der Waals surface area contributed by atoms with E-state index in [-0.39, 0.29) is 35.6 Å². The first-order valence-electron chi connectivity index (χ1n) is 8.97. The molecular formula is C21H24N2O4. The van der Waals surface area contributed by atoms with Crippen LogP contribution >= 0.6 is 0 Å². The summed E-state index contributed by atoms with van der Waals surface area (Å²) in [4.78, 5) is 26.4. The molecule has 1 aliphatic heterocycles. The fourth-order valence-corrected chi connectivity index (χ4v) is 3.24. The summed E-state index contributed by atoms with van der Waals surface area (Å²) in [6.45, 7) is 2.94. The number of likely N-dealkylation sites (tertiary alicyclic amines) is 1. The van der Waals surface area contributed by atoms with Gasteiger partial charge in [0.1, 0.15) is 11.5 Å². The van der Waals surface area contributed by atoms with Crippen LogP contribution in [0.25, 0.3) is 0 Å².